The predicted molar refractivity (Wildman–Crippen MR) is 36.6 cm³/mol. The van der Waals surface area contributed by atoms with E-state index in [0.717, 1.165) is 0 Å². The molecule has 58 valence electrons. The van der Waals surface area contributed by atoms with Gasteiger partial charge >= 0.3 is 5.97 Å². The summed E-state index contributed by atoms with van der Waals surface area (Å²) in [6, 6.07) is -0.332. The summed E-state index contributed by atoms with van der Waals surface area (Å²) < 4.78 is 0. The fourth-order valence-electron chi connectivity index (χ4n) is 1.33. The van der Waals surface area contributed by atoms with E-state index >= 15 is 0 Å². The van der Waals surface area contributed by atoms with Crippen LogP contribution in [0.25, 0.3) is 0 Å². The number of nitrogens with zero attached hydrogens (tertiary/aromatic N) is 1. The molecule has 0 bridgehead atoms. The van der Waals surface area contributed by atoms with Crippen molar-refractivity contribution < 1.29 is 9.90 Å². The third-order valence-corrected chi connectivity index (χ3v) is 1.87. The van der Waals surface area contributed by atoms with Crippen molar-refractivity contribution in [3.05, 3.63) is 0 Å². The van der Waals surface area contributed by atoms with Crippen LogP contribution in [0.5, 0.6) is 0 Å². The number of carboxylic acids is 1. The first-order valence-electron chi connectivity index (χ1n) is 3.30. The molecule has 0 spiro atoms. The van der Waals surface area contributed by atoms with Crippen LogP contribution in [0.2, 0.25) is 0 Å². The topological polar surface area (TPSA) is 66.6 Å². The van der Waals surface area contributed by atoms with Crippen LogP contribution >= 0.6 is 0 Å². The van der Waals surface area contributed by atoms with Gasteiger partial charge in [-0.25, -0.2) is 0 Å². The molecular formula is C6H12N2O2. The molecule has 4 nitrogen and oxygen atoms in total. The van der Waals surface area contributed by atoms with Crippen LogP contribution < -0.4 is 5.73 Å². The van der Waals surface area contributed by atoms with E-state index in [4.69, 9.17) is 10.8 Å². The number of carbonyl (C=O) groups is 1. The number of carboxylic acid groups (broad SMARTS) is 1. The average Bonchev–Trinajstić information content (AvgIpc) is 2.10. The van der Waals surface area contributed by atoms with E-state index in [-0.39, 0.29) is 12.1 Å². The first kappa shape index (κ1) is 7.50. The van der Waals surface area contributed by atoms with E-state index in [2.05, 4.69) is 0 Å². The minimum atomic E-state index is -0.768. The summed E-state index contributed by atoms with van der Waals surface area (Å²) in [7, 11) is 1.78. The summed E-state index contributed by atoms with van der Waals surface area (Å²) in [5.41, 5.74) is 5.55. The van der Waals surface area contributed by atoms with E-state index in [1.807, 2.05) is 0 Å². The second-order valence-electron chi connectivity index (χ2n) is 2.79. The first-order chi connectivity index (χ1) is 4.61. The molecule has 0 aromatic rings. The molecule has 1 rings (SSSR count). The van der Waals surface area contributed by atoms with Gasteiger partial charge in [0.2, 0.25) is 0 Å². The van der Waals surface area contributed by atoms with Gasteiger partial charge in [-0.1, -0.05) is 0 Å². The van der Waals surface area contributed by atoms with E-state index in [1.54, 1.807) is 11.9 Å². The van der Waals surface area contributed by atoms with Gasteiger partial charge in [-0.2, -0.15) is 0 Å². The Hall–Kier alpha value is -0.610. The number of nitrogens with two attached hydrogens (primary N) is 1. The molecule has 1 aliphatic heterocycles. The quantitative estimate of drug-likeness (QED) is 0.500. The van der Waals surface area contributed by atoms with Gasteiger partial charge in [0.05, 0.1) is 0 Å². The Morgan fingerprint density at radius 1 is 1.80 bits per heavy atom. The second-order valence-corrected chi connectivity index (χ2v) is 2.79. The standard InChI is InChI=1S/C6H12N2O2/c1-8-3-4(7)2-5(8)6(9)10/h4-5H,2-3,7H2,1H3,(H,9,10)/t4-,5+/m0/s1. The highest BCUT2D eigenvalue weighted by molar-refractivity contribution is 5.73. The third kappa shape index (κ3) is 1.27. The predicted octanol–water partition coefficient (Wildman–Crippen LogP) is -0.898. The average molecular weight is 144 g/mol. The molecule has 3 N–H and O–H groups in total. The van der Waals surface area contributed by atoms with Crippen molar-refractivity contribution in [1.82, 2.24) is 4.90 Å². The molecule has 1 fully saturated rings. The van der Waals surface area contributed by atoms with E-state index in [9.17, 15) is 4.79 Å². The molecule has 0 aromatic carbocycles. The van der Waals surface area contributed by atoms with Crippen LogP contribution in [0.15, 0.2) is 0 Å². The van der Waals surface area contributed by atoms with Gasteiger partial charge in [0.1, 0.15) is 6.04 Å². The van der Waals surface area contributed by atoms with Crippen LogP contribution in [0.1, 0.15) is 6.42 Å². The Morgan fingerprint density at radius 2 is 2.40 bits per heavy atom. The molecule has 10 heavy (non-hydrogen) atoms. The summed E-state index contributed by atoms with van der Waals surface area (Å²) in [5, 5.41) is 8.60. The summed E-state index contributed by atoms with van der Waals surface area (Å²) in [5.74, 6) is -0.768. The lowest BCUT2D eigenvalue weighted by Crippen LogP contribution is -2.32. The third-order valence-electron chi connectivity index (χ3n) is 1.87. The molecular weight excluding hydrogens is 132 g/mol. The molecule has 0 radical (unpaired) electrons. The maximum atomic E-state index is 10.5. The van der Waals surface area contributed by atoms with Crippen LogP contribution in [0, 0.1) is 0 Å². The minimum absolute atomic E-state index is 0.0334. The Balaban J connectivity index is 2.54. The SMILES string of the molecule is CN1C[C@@H](N)C[C@@H]1C(=O)O. The normalized spacial score (nSPS) is 34.6. The summed E-state index contributed by atoms with van der Waals surface area (Å²) in [6.07, 6.45) is 0.575. The highest BCUT2D eigenvalue weighted by atomic mass is 16.4. The van der Waals surface area contributed by atoms with Crippen molar-refractivity contribution in [1.29, 1.82) is 0 Å². The van der Waals surface area contributed by atoms with Crippen molar-refractivity contribution in [3.63, 3.8) is 0 Å². The zero-order valence-corrected chi connectivity index (χ0v) is 5.95. The van der Waals surface area contributed by atoms with E-state index < -0.39 is 5.97 Å². The van der Waals surface area contributed by atoms with Gasteiger partial charge < -0.3 is 10.8 Å². The molecule has 1 heterocycles. The Kier molecular flexibility index (Phi) is 1.92. The van der Waals surface area contributed by atoms with Crippen molar-refractivity contribution in [2.24, 2.45) is 5.73 Å². The van der Waals surface area contributed by atoms with Crippen molar-refractivity contribution >= 4 is 5.97 Å². The first-order valence-corrected chi connectivity index (χ1v) is 3.30. The van der Waals surface area contributed by atoms with Gasteiger partial charge in [0.25, 0.3) is 0 Å². The molecule has 0 unspecified atom stereocenters. The number of rotatable bonds is 1. The van der Waals surface area contributed by atoms with Crippen LogP contribution in [0.3, 0.4) is 0 Å². The second kappa shape index (κ2) is 2.56. The maximum Gasteiger partial charge on any atom is 0.320 e. The van der Waals surface area contributed by atoms with E-state index in [0.29, 0.717) is 13.0 Å². The molecule has 2 atom stereocenters. The maximum absolute atomic E-state index is 10.5. The summed E-state index contributed by atoms with van der Waals surface area (Å²) in [4.78, 5) is 12.2. The molecule has 4 heteroatoms. The molecule has 1 aliphatic rings. The zero-order valence-electron chi connectivity index (χ0n) is 5.95. The molecule has 0 amide bonds. The number of hydrogen-bond donors (Lipinski definition) is 2. The lowest BCUT2D eigenvalue weighted by molar-refractivity contribution is -0.141. The largest absolute Gasteiger partial charge is 0.480 e. The summed E-state index contributed by atoms with van der Waals surface area (Å²) >= 11 is 0. The van der Waals surface area contributed by atoms with E-state index in [1.165, 1.54) is 0 Å². The van der Waals surface area contributed by atoms with Crippen LogP contribution in [-0.2, 0) is 4.79 Å². The van der Waals surface area contributed by atoms with Gasteiger partial charge in [-0.05, 0) is 13.5 Å². The van der Waals surface area contributed by atoms with Crippen LogP contribution in [-0.4, -0.2) is 41.7 Å². The number of hydrogen-bond acceptors (Lipinski definition) is 3. The number of aliphatic carboxylic acids is 1. The fourth-order valence-corrected chi connectivity index (χ4v) is 1.33. The Labute approximate surface area is 59.6 Å². The van der Waals surface area contributed by atoms with Crippen molar-refractivity contribution in [2.75, 3.05) is 13.6 Å². The molecule has 0 saturated carbocycles. The lowest BCUT2D eigenvalue weighted by Gasteiger charge is -2.12. The lowest BCUT2D eigenvalue weighted by atomic mass is 10.2. The van der Waals surface area contributed by atoms with Crippen LogP contribution in [0.4, 0.5) is 0 Å². The Morgan fingerprint density at radius 3 is 2.60 bits per heavy atom. The zero-order chi connectivity index (χ0) is 7.72. The molecule has 0 aliphatic carbocycles. The van der Waals surface area contributed by atoms with Crippen molar-refractivity contribution in [2.45, 2.75) is 18.5 Å². The molecule has 1 saturated heterocycles. The number of likely N-dealkylation sites (N-methyl/N-ethyl adjacent to an activating group) is 1. The van der Waals surface area contributed by atoms with Gasteiger partial charge in [-0.3, -0.25) is 9.69 Å². The minimum Gasteiger partial charge on any atom is -0.480 e. The number of likely N-dealkylation sites (tertiary alicyclic amines) is 1. The van der Waals surface area contributed by atoms with Gasteiger partial charge in [0.15, 0.2) is 0 Å². The fraction of sp³-hybridized carbons (Fsp3) is 0.833. The van der Waals surface area contributed by atoms with Gasteiger partial charge in [-0.15, -0.1) is 0 Å². The highest BCUT2D eigenvalue weighted by Crippen LogP contribution is 2.13. The smallest absolute Gasteiger partial charge is 0.320 e. The monoisotopic (exact) mass is 144 g/mol. The van der Waals surface area contributed by atoms with Gasteiger partial charge in [0, 0.05) is 12.6 Å². The van der Waals surface area contributed by atoms with Crippen molar-refractivity contribution in [3.8, 4) is 0 Å². The molecule has 0 aromatic heterocycles. The highest BCUT2D eigenvalue weighted by Gasteiger charge is 2.31. The Bertz CT molecular complexity index is 149. The summed E-state index contributed by atoms with van der Waals surface area (Å²) in [6.45, 7) is 0.691.